The van der Waals surface area contributed by atoms with Crippen LogP contribution >= 0.6 is 0 Å². The zero-order chi connectivity index (χ0) is 20.0. The van der Waals surface area contributed by atoms with Gasteiger partial charge in [-0.2, -0.15) is 0 Å². The van der Waals surface area contributed by atoms with Gasteiger partial charge in [-0.05, 0) is 55.7 Å². The van der Waals surface area contributed by atoms with Crippen molar-refractivity contribution in [3.05, 3.63) is 65.7 Å². The number of hydrogen-bond acceptors (Lipinski definition) is 4. The molecular weight excluding hydrogens is 376 g/mol. The first-order valence-corrected chi connectivity index (χ1v) is 10.7. The van der Waals surface area contributed by atoms with Crippen LogP contribution in [0.4, 0.5) is 5.69 Å². The van der Waals surface area contributed by atoms with E-state index in [0.717, 1.165) is 18.4 Å². The third kappa shape index (κ3) is 5.51. The molecule has 1 aliphatic heterocycles. The first-order chi connectivity index (χ1) is 13.4. The fourth-order valence-corrected chi connectivity index (χ4v) is 3.97. The van der Waals surface area contributed by atoms with Gasteiger partial charge in [0.2, 0.25) is 10.0 Å². The van der Waals surface area contributed by atoms with E-state index in [2.05, 4.69) is 10.0 Å². The quantitative estimate of drug-likeness (QED) is 0.699. The zero-order valence-corrected chi connectivity index (χ0v) is 16.5. The molecule has 1 aliphatic rings. The SMILES string of the molecule is C/C(=C\c1ccccc1)C(=O)Nc1ccc(S(=O)(=O)NC[C@H]2CCCO2)cc1. The van der Waals surface area contributed by atoms with Crippen molar-refractivity contribution >= 4 is 27.7 Å². The van der Waals surface area contributed by atoms with Crippen LogP contribution in [0.15, 0.2) is 65.1 Å². The molecule has 2 N–H and O–H groups in total. The summed E-state index contributed by atoms with van der Waals surface area (Å²) < 4.78 is 32.7. The maximum absolute atomic E-state index is 12.4. The van der Waals surface area contributed by atoms with Gasteiger partial charge in [0.25, 0.3) is 5.91 Å². The number of sulfonamides is 1. The highest BCUT2D eigenvalue weighted by Crippen LogP contribution is 2.17. The highest BCUT2D eigenvalue weighted by Gasteiger charge is 2.20. The molecule has 1 heterocycles. The molecule has 1 amide bonds. The molecule has 0 spiro atoms. The molecule has 1 saturated heterocycles. The smallest absolute Gasteiger partial charge is 0.251 e. The first-order valence-electron chi connectivity index (χ1n) is 9.20. The van der Waals surface area contributed by atoms with Crippen molar-refractivity contribution in [2.75, 3.05) is 18.5 Å². The van der Waals surface area contributed by atoms with Gasteiger partial charge in [-0.15, -0.1) is 0 Å². The lowest BCUT2D eigenvalue weighted by atomic mass is 10.1. The highest BCUT2D eigenvalue weighted by molar-refractivity contribution is 7.89. The second-order valence-electron chi connectivity index (χ2n) is 6.70. The van der Waals surface area contributed by atoms with Crippen LogP contribution in [0, 0.1) is 0 Å². The Hall–Kier alpha value is -2.48. The monoisotopic (exact) mass is 400 g/mol. The van der Waals surface area contributed by atoms with E-state index in [1.165, 1.54) is 12.1 Å². The van der Waals surface area contributed by atoms with E-state index in [9.17, 15) is 13.2 Å². The number of benzene rings is 2. The molecule has 3 rings (SSSR count). The standard InChI is InChI=1S/C21H24N2O4S/c1-16(14-17-6-3-2-4-7-17)21(24)23-18-9-11-20(12-10-18)28(25,26)22-15-19-8-5-13-27-19/h2-4,6-7,9-12,14,19,22H,5,8,13,15H2,1H3,(H,23,24)/b16-14+/t19-/m1/s1. The Balaban J connectivity index is 1.60. The maximum Gasteiger partial charge on any atom is 0.251 e. The van der Waals surface area contributed by atoms with Crippen molar-refractivity contribution in [2.24, 2.45) is 0 Å². The van der Waals surface area contributed by atoms with Crippen molar-refractivity contribution in [3.63, 3.8) is 0 Å². The van der Waals surface area contributed by atoms with E-state index < -0.39 is 10.0 Å². The molecule has 0 saturated carbocycles. The summed E-state index contributed by atoms with van der Waals surface area (Å²) in [6.07, 6.45) is 3.55. The second-order valence-corrected chi connectivity index (χ2v) is 8.47. The van der Waals surface area contributed by atoms with Crippen LogP contribution in [-0.4, -0.2) is 33.6 Å². The van der Waals surface area contributed by atoms with E-state index >= 15 is 0 Å². The number of carbonyl (C=O) groups excluding carboxylic acids is 1. The minimum atomic E-state index is -3.60. The maximum atomic E-state index is 12.4. The summed E-state index contributed by atoms with van der Waals surface area (Å²) in [5.74, 6) is -0.240. The van der Waals surface area contributed by atoms with E-state index in [-0.39, 0.29) is 23.5 Å². The predicted octanol–water partition coefficient (Wildman–Crippen LogP) is 3.19. The molecular formula is C21H24N2O4S. The summed E-state index contributed by atoms with van der Waals surface area (Å²) in [5, 5.41) is 2.77. The van der Waals surface area contributed by atoms with Crippen LogP contribution in [0.5, 0.6) is 0 Å². The molecule has 0 aromatic heterocycles. The molecule has 0 aliphatic carbocycles. The van der Waals surface area contributed by atoms with E-state index in [4.69, 9.17) is 4.74 Å². The molecule has 0 radical (unpaired) electrons. The Kier molecular flexibility index (Phi) is 6.61. The Bertz CT molecular complexity index is 932. The van der Waals surface area contributed by atoms with Gasteiger partial charge in [0.05, 0.1) is 11.0 Å². The van der Waals surface area contributed by atoms with Crippen molar-refractivity contribution in [3.8, 4) is 0 Å². The molecule has 2 aromatic carbocycles. The van der Waals surface area contributed by atoms with Gasteiger partial charge in [0.15, 0.2) is 0 Å². The minimum absolute atomic E-state index is 0.0623. The summed E-state index contributed by atoms with van der Waals surface area (Å²) >= 11 is 0. The molecule has 0 bridgehead atoms. The molecule has 0 unspecified atom stereocenters. The molecule has 7 heteroatoms. The first kappa shape index (κ1) is 20.3. The van der Waals surface area contributed by atoms with Gasteiger partial charge in [-0.1, -0.05) is 30.3 Å². The minimum Gasteiger partial charge on any atom is -0.377 e. The number of anilines is 1. The number of hydrogen-bond donors (Lipinski definition) is 2. The molecule has 1 fully saturated rings. The van der Waals surface area contributed by atoms with Gasteiger partial charge in [-0.3, -0.25) is 4.79 Å². The summed E-state index contributed by atoms with van der Waals surface area (Å²) in [6, 6.07) is 15.7. The normalized spacial score (nSPS) is 17.5. The predicted molar refractivity (Wildman–Crippen MR) is 109 cm³/mol. The lowest BCUT2D eigenvalue weighted by Gasteiger charge is -2.12. The summed E-state index contributed by atoms with van der Waals surface area (Å²) in [4.78, 5) is 12.5. The number of carbonyl (C=O) groups is 1. The zero-order valence-electron chi connectivity index (χ0n) is 15.7. The van der Waals surface area contributed by atoms with Gasteiger partial charge in [0, 0.05) is 24.4 Å². The van der Waals surface area contributed by atoms with E-state index in [1.54, 1.807) is 25.1 Å². The van der Waals surface area contributed by atoms with Gasteiger partial charge in [-0.25, -0.2) is 13.1 Å². The van der Waals surface area contributed by atoms with Crippen molar-refractivity contribution in [1.82, 2.24) is 4.72 Å². The average Bonchev–Trinajstić information content (AvgIpc) is 3.21. The van der Waals surface area contributed by atoms with Gasteiger partial charge < -0.3 is 10.1 Å². The fourth-order valence-electron chi connectivity index (χ4n) is 2.90. The van der Waals surface area contributed by atoms with E-state index in [0.29, 0.717) is 17.9 Å². The van der Waals surface area contributed by atoms with Crippen LogP contribution in [0.3, 0.4) is 0 Å². The lowest BCUT2D eigenvalue weighted by Crippen LogP contribution is -2.31. The van der Waals surface area contributed by atoms with Crippen molar-refractivity contribution < 1.29 is 17.9 Å². The van der Waals surface area contributed by atoms with Crippen LogP contribution in [0.2, 0.25) is 0 Å². The molecule has 1 atom stereocenters. The Labute approximate surface area is 165 Å². The molecule has 2 aromatic rings. The van der Waals surface area contributed by atoms with E-state index in [1.807, 2.05) is 30.3 Å². The number of rotatable bonds is 7. The van der Waals surface area contributed by atoms with Crippen molar-refractivity contribution in [1.29, 1.82) is 0 Å². The van der Waals surface area contributed by atoms with Crippen LogP contribution in [0.25, 0.3) is 6.08 Å². The summed E-state index contributed by atoms with van der Waals surface area (Å²) in [5.41, 5.74) is 2.03. The highest BCUT2D eigenvalue weighted by atomic mass is 32.2. The Morgan fingerprint density at radius 1 is 1.14 bits per heavy atom. The largest absolute Gasteiger partial charge is 0.377 e. The second kappa shape index (κ2) is 9.14. The molecule has 28 heavy (non-hydrogen) atoms. The van der Waals surface area contributed by atoms with Gasteiger partial charge >= 0.3 is 0 Å². The van der Waals surface area contributed by atoms with Crippen LogP contribution in [-0.2, 0) is 19.6 Å². The summed E-state index contributed by atoms with van der Waals surface area (Å²) in [6.45, 7) is 2.68. The average molecular weight is 401 g/mol. The Morgan fingerprint density at radius 3 is 2.50 bits per heavy atom. The number of amides is 1. The Morgan fingerprint density at radius 2 is 1.86 bits per heavy atom. The molecule has 148 valence electrons. The number of nitrogens with one attached hydrogen (secondary N) is 2. The van der Waals surface area contributed by atoms with Crippen LogP contribution in [0.1, 0.15) is 25.3 Å². The van der Waals surface area contributed by atoms with Crippen molar-refractivity contribution in [2.45, 2.75) is 30.8 Å². The third-order valence-corrected chi connectivity index (χ3v) is 5.93. The molecule has 6 nitrogen and oxygen atoms in total. The topological polar surface area (TPSA) is 84.5 Å². The third-order valence-electron chi connectivity index (χ3n) is 4.49. The van der Waals surface area contributed by atoms with Gasteiger partial charge in [0.1, 0.15) is 0 Å². The lowest BCUT2D eigenvalue weighted by molar-refractivity contribution is -0.112. The number of ether oxygens (including phenoxy) is 1. The summed E-state index contributed by atoms with van der Waals surface area (Å²) in [7, 11) is -3.60. The fraction of sp³-hybridized carbons (Fsp3) is 0.286. The van der Waals surface area contributed by atoms with Crippen LogP contribution < -0.4 is 10.0 Å².